The Bertz CT molecular complexity index is 472. The molecule has 3 nitrogen and oxygen atoms in total. The SMILES string of the molecule is CCOC(=O)C(=O)c1ccc(C(C)(C)C)cc1Cl. The number of ether oxygens (including phenoxy) is 1. The van der Waals surface area contributed by atoms with E-state index in [1.165, 1.54) is 0 Å². The molecule has 0 saturated carbocycles. The fourth-order valence-electron chi connectivity index (χ4n) is 1.47. The van der Waals surface area contributed by atoms with Crippen LogP contribution in [0.4, 0.5) is 0 Å². The first-order valence-corrected chi connectivity index (χ1v) is 6.16. The minimum atomic E-state index is -0.872. The van der Waals surface area contributed by atoms with E-state index in [0.717, 1.165) is 5.56 Å². The fraction of sp³-hybridized carbons (Fsp3) is 0.429. The van der Waals surface area contributed by atoms with Gasteiger partial charge < -0.3 is 4.74 Å². The summed E-state index contributed by atoms with van der Waals surface area (Å²) in [4.78, 5) is 23.1. The van der Waals surface area contributed by atoms with Gasteiger partial charge in [0.05, 0.1) is 11.6 Å². The van der Waals surface area contributed by atoms with Crippen molar-refractivity contribution in [2.75, 3.05) is 6.61 Å². The van der Waals surface area contributed by atoms with Gasteiger partial charge in [0.2, 0.25) is 0 Å². The molecule has 0 fully saturated rings. The van der Waals surface area contributed by atoms with E-state index < -0.39 is 11.8 Å². The van der Waals surface area contributed by atoms with Crippen molar-refractivity contribution in [2.24, 2.45) is 0 Å². The summed E-state index contributed by atoms with van der Waals surface area (Å²) < 4.78 is 4.66. The lowest BCUT2D eigenvalue weighted by Gasteiger charge is -2.19. The standard InChI is InChI=1S/C14H17ClO3/c1-5-18-13(17)12(16)10-7-6-9(8-11(10)15)14(2,3)4/h6-8H,5H2,1-4H3. The highest BCUT2D eigenvalue weighted by Crippen LogP contribution is 2.27. The van der Waals surface area contributed by atoms with E-state index >= 15 is 0 Å². The molecule has 0 spiro atoms. The molecule has 1 aromatic rings. The van der Waals surface area contributed by atoms with Gasteiger partial charge in [-0.15, -0.1) is 0 Å². The molecule has 0 atom stereocenters. The minimum Gasteiger partial charge on any atom is -0.460 e. The maximum Gasteiger partial charge on any atom is 0.379 e. The highest BCUT2D eigenvalue weighted by molar-refractivity contribution is 6.45. The number of hydrogen-bond donors (Lipinski definition) is 0. The number of carbonyl (C=O) groups excluding carboxylic acids is 2. The van der Waals surface area contributed by atoms with Crippen molar-refractivity contribution in [3.05, 3.63) is 34.3 Å². The zero-order valence-electron chi connectivity index (χ0n) is 11.0. The Morgan fingerprint density at radius 1 is 1.28 bits per heavy atom. The molecular formula is C14H17ClO3. The Hall–Kier alpha value is -1.35. The molecule has 1 rings (SSSR count). The molecule has 0 N–H and O–H groups in total. The molecule has 0 aliphatic rings. The Balaban J connectivity index is 3.07. The first kappa shape index (κ1) is 14.7. The van der Waals surface area contributed by atoms with Crippen molar-refractivity contribution in [1.29, 1.82) is 0 Å². The third-order valence-corrected chi connectivity index (χ3v) is 2.85. The topological polar surface area (TPSA) is 43.4 Å². The van der Waals surface area contributed by atoms with E-state index in [9.17, 15) is 9.59 Å². The van der Waals surface area contributed by atoms with Gasteiger partial charge in [-0.25, -0.2) is 4.79 Å². The lowest BCUT2D eigenvalue weighted by molar-refractivity contribution is -0.137. The zero-order chi connectivity index (χ0) is 13.9. The predicted octanol–water partition coefficient (Wildman–Crippen LogP) is 3.38. The average Bonchev–Trinajstić information content (AvgIpc) is 2.27. The van der Waals surface area contributed by atoms with Gasteiger partial charge in [-0.3, -0.25) is 4.79 Å². The lowest BCUT2D eigenvalue weighted by atomic mass is 9.86. The van der Waals surface area contributed by atoms with Gasteiger partial charge in [0.25, 0.3) is 5.78 Å². The highest BCUT2D eigenvalue weighted by Gasteiger charge is 2.22. The van der Waals surface area contributed by atoms with Crippen LogP contribution in [0, 0.1) is 0 Å². The normalized spacial score (nSPS) is 11.2. The van der Waals surface area contributed by atoms with Crippen LogP contribution in [0.3, 0.4) is 0 Å². The summed E-state index contributed by atoms with van der Waals surface area (Å²) in [5, 5.41) is 0.278. The summed E-state index contributed by atoms with van der Waals surface area (Å²) in [6.45, 7) is 7.96. The molecule has 0 aliphatic carbocycles. The maximum atomic E-state index is 11.8. The second kappa shape index (κ2) is 5.53. The van der Waals surface area contributed by atoms with Gasteiger partial charge in [0.15, 0.2) is 0 Å². The van der Waals surface area contributed by atoms with Crippen LogP contribution >= 0.6 is 11.6 Å². The number of carbonyl (C=O) groups is 2. The number of halogens is 1. The lowest BCUT2D eigenvalue weighted by Crippen LogP contribution is -2.18. The first-order chi connectivity index (χ1) is 8.27. The minimum absolute atomic E-state index is 0.0604. The van der Waals surface area contributed by atoms with Crippen molar-refractivity contribution in [3.8, 4) is 0 Å². The monoisotopic (exact) mass is 268 g/mol. The molecule has 4 heteroatoms. The van der Waals surface area contributed by atoms with Crippen LogP contribution in [-0.4, -0.2) is 18.4 Å². The van der Waals surface area contributed by atoms with Crippen LogP contribution in [0.5, 0.6) is 0 Å². The Labute approximate surface area is 112 Å². The summed E-state index contributed by atoms with van der Waals surface area (Å²) >= 11 is 6.05. The Kier molecular flexibility index (Phi) is 4.52. The second-order valence-electron chi connectivity index (χ2n) is 4.99. The summed E-state index contributed by atoms with van der Waals surface area (Å²) in [5.41, 5.74) is 1.13. The molecule has 0 bridgehead atoms. The highest BCUT2D eigenvalue weighted by atomic mass is 35.5. The second-order valence-corrected chi connectivity index (χ2v) is 5.40. The van der Waals surface area contributed by atoms with Gasteiger partial charge >= 0.3 is 5.97 Å². The molecule has 1 aromatic carbocycles. The van der Waals surface area contributed by atoms with Crippen molar-refractivity contribution < 1.29 is 14.3 Å². The van der Waals surface area contributed by atoms with Gasteiger partial charge in [0.1, 0.15) is 0 Å². The van der Waals surface area contributed by atoms with Crippen molar-refractivity contribution in [2.45, 2.75) is 33.1 Å². The molecule has 0 aliphatic heterocycles. The molecule has 0 unspecified atom stereocenters. The first-order valence-electron chi connectivity index (χ1n) is 5.79. The summed E-state index contributed by atoms with van der Waals surface area (Å²) in [7, 11) is 0. The third-order valence-electron chi connectivity index (χ3n) is 2.54. The van der Waals surface area contributed by atoms with Crippen molar-refractivity contribution in [3.63, 3.8) is 0 Å². The molecular weight excluding hydrogens is 252 g/mol. The van der Waals surface area contributed by atoms with E-state index in [0.29, 0.717) is 0 Å². The zero-order valence-corrected chi connectivity index (χ0v) is 11.8. The van der Waals surface area contributed by atoms with E-state index in [1.54, 1.807) is 25.1 Å². The number of benzene rings is 1. The van der Waals surface area contributed by atoms with Crippen LogP contribution in [0.15, 0.2) is 18.2 Å². The number of rotatable bonds is 3. The average molecular weight is 269 g/mol. The largest absolute Gasteiger partial charge is 0.460 e. The van der Waals surface area contributed by atoms with E-state index in [2.05, 4.69) is 4.74 Å². The van der Waals surface area contributed by atoms with E-state index in [4.69, 9.17) is 11.6 Å². The van der Waals surface area contributed by atoms with Crippen molar-refractivity contribution in [1.82, 2.24) is 0 Å². The molecule has 98 valence electrons. The van der Waals surface area contributed by atoms with Crippen LogP contribution in [-0.2, 0) is 14.9 Å². The van der Waals surface area contributed by atoms with Crippen LogP contribution in [0.2, 0.25) is 5.02 Å². The van der Waals surface area contributed by atoms with Crippen LogP contribution in [0.25, 0.3) is 0 Å². The van der Waals surface area contributed by atoms with Gasteiger partial charge in [-0.05, 0) is 30.0 Å². The summed E-state index contributed by atoms with van der Waals surface area (Å²) in [5.74, 6) is -1.58. The molecule has 18 heavy (non-hydrogen) atoms. The van der Waals surface area contributed by atoms with Crippen LogP contribution < -0.4 is 0 Å². The van der Waals surface area contributed by atoms with E-state index in [-0.39, 0.29) is 22.6 Å². The predicted molar refractivity (Wildman–Crippen MR) is 71.1 cm³/mol. The van der Waals surface area contributed by atoms with Gasteiger partial charge in [0, 0.05) is 5.56 Å². The molecule has 0 saturated heterocycles. The number of ketones is 1. The van der Waals surface area contributed by atoms with Gasteiger partial charge in [-0.1, -0.05) is 38.4 Å². The fourth-order valence-corrected chi connectivity index (χ4v) is 1.74. The smallest absolute Gasteiger partial charge is 0.379 e. The summed E-state index contributed by atoms with van der Waals surface area (Å²) in [6, 6.07) is 5.09. The van der Waals surface area contributed by atoms with Crippen molar-refractivity contribution >= 4 is 23.4 Å². The van der Waals surface area contributed by atoms with E-state index in [1.807, 2.05) is 20.8 Å². The molecule has 0 radical (unpaired) electrons. The molecule has 0 heterocycles. The number of hydrogen-bond acceptors (Lipinski definition) is 3. The Morgan fingerprint density at radius 3 is 2.33 bits per heavy atom. The van der Waals surface area contributed by atoms with Gasteiger partial charge in [-0.2, -0.15) is 0 Å². The maximum absolute atomic E-state index is 11.8. The van der Waals surface area contributed by atoms with Crippen LogP contribution in [0.1, 0.15) is 43.6 Å². The Morgan fingerprint density at radius 2 is 1.89 bits per heavy atom. The third kappa shape index (κ3) is 3.33. The summed E-state index contributed by atoms with van der Waals surface area (Å²) in [6.07, 6.45) is 0. The molecule has 0 amide bonds. The quantitative estimate of drug-likeness (QED) is 0.479. The number of Topliss-reactive ketones (excluding diaryl/α,β-unsaturated/α-hetero) is 1. The number of esters is 1. The molecule has 0 aromatic heterocycles.